The van der Waals surface area contributed by atoms with Crippen molar-refractivity contribution in [2.45, 2.75) is 38.0 Å². The van der Waals surface area contributed by atoms with E-state index in [0.29, 0.717) is 5.56 Å². The molecule has 2 heterocycles. The molecule has 3 aliphatic rings. The van der Waals surface area contributed by atoms with Gasteiger partial charge in [0.25, 0.3) is 0 Å². The normalized spacial score (nSPS) is 26.2. The van der Waals surface area contributed by atoms with Crippen LogP contribution in [-0.4, -0.2) is 90.3 Å². The molecule has 2 saturated heterocycles. The zero-order valence-corrected chi connectivity index (χ0v) is 18.3. The Hall–Kier alpha value is -2.49. The summed E-state index contributed by atoms with van der Waals surface area (Å²) in [5, 5.41) is 9.73. The van der Waals surface area contributed by atoms with Gasteiger partial charge in [-0.3, -0.25) is 9.69 Å². The lowest BCUT2D eigenvalue weighted by Gasteiger charge is -2.45. The fourth-order valence-corrected chi connectivity index (χ4v) is 4.75. The van der Waals surface area contributed by atoms with Crippen LogP contribution in [0.5, 0.6) is 0 Å². The second-order valence-corrected chi connectivity index (χ2v) is 9.22. The minimum Gasteiger partial charge on any atom is -0.465 e. The first kappa shape index (κ1) is 22.7. The largest absolute Gasteiger partial charge is 0.465 e. The van der Waals surface area contributed by atoms with Gasteiger partial charge >= 0.3 is 12.3 Å². The number of nitrogens with zero attached hydrogens (tertiary/aromatic N) is 4. The lowest BCUT2D eigenvalue weighted by atomic mass is 9.96. The average Bonchev–Trinajstić information content (AvgIpc) is 3.56. The Bertz CT molecular complexity index is 864. The van der Waals surface area contributed by atoms with Gasteiger partial charge in [0.2, 0.25) is 5.91 Å². The molecular weight excluding hydrogens is 425 g/mol. The summed E-state index contributed by atoms with van der Waals surface area (Å²) in [5.74, 6) is -0.929. The van der Waals surface area contributed by atoms with Crippen molar-refractivity contribution in [1.82, 2.24) is 14.7 Å². The van der Waals surface area contributed by atoms with Crippen LogP contribution in [0.25, 0.3) is 0 Å². The quantitative estimate of drug-likeness (QED) is 0.761. The zero-order chi connectivity index (χ0) is 23.3. The van der Waals surface area contributed by atoms with Gasteiger partial charge in [-0.1, -0.05) is 12.1 Å². The highest BCUT2D eigenvalue weighted by molar-refractivity contribution is 5.87. The van der Waals surface area contributed by atoms with E-state index in [1.54, 1.807) is 6.92 Å². The molecule has 1 aromatic carbocycles. The molecule has 32 heavy (non-hydrogen) atoms. The summed E-state index contributed by atoms with van der Waals surface area (Å²) >= 11 is 0. The second kappa shape index (κ2) is 8.13. The van der Waals surface area contributed by atoms with Crippen molar-refractivity contribution in [3.63, 3.8) is 0 Å². The van der Waals surface area contributed by atoms with E-state index in [-0.39, 0.29) is 25.9 Å². The predicted octanol–water partition coefficient (Wildman–Crippen LogP) is 3.03. The van der Waals surface area contributed by atoms with Crippen LogP contribution in [-0.2, 0) is 4.79 Å². The predicted molar refractivity (Wildman–Crippen MR) is 113 cm³/mol. The number of carbonyl (C=O) groups is 2. The van der Waals surface area contributed by atoms with E-state index in [0.717, 1.165) is 31.9 Å². The third kappa shape index (κ3) is 4.00. The summed E-state index contributed by atoms with van der Waals surface area (Å²) in [4.78, 5) is 31.8. The van der Waals surface area contributed by atoms with Gasteiger partial charge in [0.15, 0.2) is 0 Å². The van der Waals surface area contributed by atoms with Gasteiger partial charge in [0, 0.05) is 51.0 Å². The molecule has 0 unspecified atom stereocenters. The third-order valence-corrected chi connectivity index (χ3v) is 7.09. The maximum atomic E-state index is 13.5. The first-order chi connectivity index (χ1) is 15.0. The van der Waals surface area contributed by atoms with E-state index in [2.05, 4.69) is 16.8 Å². The van der Waals surface area contributed by atoms with E-state index in [9.17, 15) is 27.9 Å². The lowest BCUT2D eigenvalue weighted by molar-refractivity contribution is -0.201. The topological polar surface area (TPSA) is 67.3 Å². The zero-order valence-electron chi connectivity index (χ0n) is 18.3. The number of carboxylic acid groups (broad SMARTS) is 1. The van der Waals surface area contributed by atoms with Gasteiger partial charge in [-0.15, -0.1) is 0 Å². The lowest BCUT2D eigenvalue weighted by Crippen LogP contribution is -2.59. The molecule has 3 fully saturated rings. The van der Waals surface area contributed by atoms with Crippen molar-refractivity contribution in [2.75, 3.05) is 51.2 Å². The molecule has 2 amide bonds. The molecule has 1 N–H and O–H groups in total. The summed E-state index contributed by atoms with van der Waals surface area (Å²) in [5.41, 5.74) is -0.607. The average molecular weight is 454 g/mol. The Kier molecular flexibility index (Phi) is 5.77. The Labute approximate surface area is 185 Å². The van der Waals surface area contributed by atoms with E-state index < -0.39 is 35.7 Å². The van der Waals surface area contributed by atoms with Gasteiger partial charge in [-0.25, -0.2) is 4.79 Å². The van der Waals surface area contributed by atoms with E-state index in [1.165, 1.54) is 9.80 Å². The van der Waals surface area contributed by atoms with Crippen molar-refractivity contribution in [2.24, 2.45) is 5.41 Å². The van der Waals surface area contributed by atoms with Crippen molar-refractivity contribution in [3.05, 3.63) is 29.8 Å². The Morgan fingerprint density at radius 2 is 1.59 bits per heavy atom. The van der Waals surface area contributed by atoms with Crippen LogP contribution in [0.2, 0.25) is 0 Å². The summed E-state index contributed by atoms with van der Waals surface area (Å²) in [6.07, 6.45) is -6.14. The molecule has 10 heteroatoms. The molecule has 0 radical (unpaired) electrons. The van der Waals surface area contributed by atoms with E-state index >= 15 is 0 Å². The summed E-state index contributed by atoms with van der Waals surface area (Å²) < 4.78 is 40.6. The van der Waals surface area contributed by atoms with Crippen LogP contribution < -0.4 is 4.90 Å². The molecular formula is C22H29F3N4O3. The van der Waals surface area contributed by atoms with Crippen molar-refractivity contribution in [1.29, 1.82) is 0 Å². The Morgan fingerprint density at radius 3 is 2.09 bits per heavy atom. The molecule has 2 atom stereocenters. The highest BCUT2D eigenvalue weighted by Crippen LogP contribution is 2.59. The monoisotopic (exact) mass is 454 g/mol. The number of anilines is 1. The van der Waals surface area contributed by atoms with Crippen LogP contribution >= 0.6 is 0 Å². The molecule has 4 rings (SSSR count). The number of amides is 2. The SMILES string of the molecule is C[C@@H]1CN(C(=O)O)[C@@H](c2ccc(N3CCN(C)CC3)cc2)CN1C(=O)C1(C(F)(F)F)CC1. The highest BCUT2D eigenvalue weighted by Gasteiger charge is 2.70. The minimum absolute atomic E-state index is 0.0279. The van der Waals surface area contributed by atoms with E-state index in [1.807, 2.05) is 24.3 Å². The number of hydrogen-bond donors (Lipinski definition) is 1. The number of rotatable bonds is 3. The first-order valence-electron chi connectivity index (χ1n) is 10.9. The van der Waals surface area contributed by atoms with Crippen LogP contribution in [0.1, 0.15) is 31.4 Å². The van der Waals surface area contributed by atoms with Gasteiger partial charge in [-0.2, -0.15) is 13.2 Å². The number of piperazine rings is 2. The number of likely N-dealkylation sites (N-methyl/N-ethyl adjacent to an activating group) is 1. The number of carbonyl (C=O) groups excluding carboxylic acids is 1. The van der Waals surface area contributed by atoms with Crippen LogP contribution in [0.15, 0.2) is 24.3 Å². The smallest absolute Gasteiger partial charge is 0.407 e. The molecule has 2 aliphatic heterocycles. The number of benzene rings is 1. The van der Waals surface area contributed by atoms with Crippen LogP contribution in [0, 0.1) is 5.41 Å². The molecule has 7 nitrogen and oxygen atoms in total. The molecule has 0 spiro atoms. The summed E-state index contributed by atoms with van der Waals surface area (Å²) in [6.45, 7) is 5.17. The van der Waals surface area contributed by atoms with Gasteiger partial charge in [0.1, 0.15) is 5.41 Å². The molecule has 1 saturated carbocycles. The second-order valence-electron chi connectivity index (χ2n) is 9.22. The molecule has 1 aromatic rings. The van der Waals surface area contributed by atoms with Crippen LogP contribution in [0.3, 0.4) is 0 Å². The Balaban J connectivity index is 1.55. The standard InChI is InChI=1S/C22H29F3N4O3/c1-15-13-29(20(31)32)18(14-28(15)19(30)21(7-8-21)22(23,24)25)16-3-5-17(6-4-16)27-11-9-26(2)10-12-27/h3-6,15,18H,7-14H2,1-2H3,(H,31,32)/t15-,18-/m1/s1. The molecule has 1 aliphatic carbocycles. The maximum absolute atomic E-state index is 13.5. The fourth-order valence-electron chi connectivity index (χ4n) is 4.75. The van der Waals surface area contributed by atoms with Gasteiger partial charge in [0.05, 0.1) is 6.04 Å². The molecule has 176 valence electrons. The number of halogens is 3. The van der Waals surface area contributed by atoms with Crippen molar-refractivity contribution >= 4 is 17.7 Å². The first-order valence-corrected chi connectivity index (χ1v) is 10.9. The number of hydrogen-bond acceptors (Lipinski definition) is 4. The highest BCUT2D eigenvalue weighted by atomic mass is 19.4. The fraction of sp³-hybridized carbons (Fsp3) is 0.636. The third-order valence-electron chi connectivity index (χ3n) is 7.09. The van der Waals surface area contributed by atoms with Gasteiger partial charge in [-0.05, 0) is 44.5 Å². The molecule has 0 bridgehead atoms. The van der Waals surface area contributed by atoms with E-state index in [4.69, 9.17) is 0 Å². The minimum atomic E-state index is -4.59. The van der Waals surface area contributed by atoms with Crippen LogP contribution in [0.4, 0.5) is 23.7 Å². The van der Waals surface area contributed by atoms with Gasteiger partial charge < -0.3 is 19.8 Å². The Morgan fingerprint density at radius 1 is 1.00 bits per heavy atom. The maximum Gasteiger partial charge on any atom is 0.407 e. The summed E-state index contributed by atoms with van der Waals surface area (Å²) in [6, 6.07) is 6.15. The van der Waals surface area contributed by atoms with Crippen molar-refractivity contribution in [3.8, 4) is 0 Å². The van der Waals surface area contributed by atoms with Crippen molar-refractivity contribution < 1.29 is 27.9 Å². The molecule has 0 aromatic heterocycles. The summed E-state index contributed by atoms with van der Waals surface area (Å²) in [7, 11) is 2.07. The number of alkyl halides is 3.